The van der Waals surface area contributed by atoms with Crippen molar-refractivity contribution in [3.8, 4) is 67.4 Å². The summed E-state index contributed by atoms with van der Waals surface area (Å²) < 4.78 is 22.4. The Kier molecular flexibility index (Phi) is 6.78. The van der Waals surface area contributed by atoms with Crippen molar-refractivity contribution in [2.75, 3.05) is 0 Å². The minimum absolute atomic E-state index is 0.300. The first-order valence-corrected chi connectivity index (χ1v) is 20.1. The van der Waals surface area contributed by atoms with E-state index in [1.807, 2.05) is 18.2 Å². The van der Waals surface area contributed by atoms with E-state index >= 15 is 0 Å². The first-order chi connectivity index (χ1) is 29.2. The molecule has 4 nitrogen and oxygen atoms in total. The molecule has 2 aromatic heterocycles. The largest absolute Gasteiger partial charge is 0.551 e. The molecule has 0 amide bonds. The van der Waals surface area contributed by atoms with E-state index in [0.29, 0.717) is 0 Å². The molecule has 0 atom stereocenters. The highest BCUT2D eigenvalue weighted by atomic mass is 16.5. The van der Waals surface area contributed by atoms with Crippen molar-refractivity contribution in [3.05, 3.63) is 194 Å². The fourth-order valence-electron chi connectivity index (χ4n) is 9.58. The average molecular weight is 754 g/mol. The number of ether oxygens (including phenoxy) is 1. The van der Waals surface area contributed by atoms with Gasteiger partial charge in [-0.25, -0.2) is 0 Å². The van der Waals surface area contributed by atoms with Gasteiger partial charge >= 0.3 is 6.92 Å². The molecule has 2 aliphatic rings. The van der Waals surface area contributed by atoms with Crippen LogP contribution in [-0.2, 0) is 0 Å². The van der Waals surface area contributed by atoms with Crippen molar-refractivity contribution >= 4 is 61.6 Å². The summed E-state index contributed by atoms with van der Waals surface area (Å²) in [5, 5.41) is 4.74. The minimum atomic E-state index is -0.300. The molecule has 0 aliphatic carbocycles. The predicted octanol–water partition coefficient (Wildman–Crippen LogP) is 13.0. The van der Waals surface area contributed by atoms with E-state index in [9.17, 15) is 0 Å². The molecule has 0 unspecified atom stereocenters. The maximum Gasteiger partial charge on any atom is 0.434 e. The topological polar surface area (TPSA) is 36.5 Å². The molecule has 0 saturated heterocycles. The fraction of sp³-hybridized carbons (Fsp3) is 0. The number of fused-ring (bicyclic) bond motifs is 10. The van der Waals surface area contributed by atoms with Crippen LogP contribution in [0.4, 0.5) is 0 Å². The molecule has 274 valence electrons. The molecule has 4 heterocycles. The normalized spacial score (nSPS) is 12.6. The zero-order valence-corrected chi connectivity index (χ0v) is 31.7. The van der Waals surface area contributed by atoms with Gasteiger partial charge in [-0.1, -0.05) is 127 Å². The zero-order chi connectivity index (χ0) is 38.6. The van der Waals surface area contributed by atoms with Crippen LogP contribution < -0.4 is 20.3 Å². The smallest absolute Gasteiger partial charge is 0.434 e. The highest BCUT2D eigenvalue weighted by Crippen LogP contribution is 2.44. The van der Waals surface area contributed by atoms with Gasteiger partial charge in [-0.3, -0.25) is 0 Å². The molecule has 9 aromatic carbocycles. The van der Waals surface area contributed by atoms with Crippen molar-refractivity contribution < 1.29 is 13.8 Å². The van der Waals surface area contributed by atoms with Crippen LogP contribution in [0.15, 0.2) is 199 Å². The van der Waals surface area contributed by atoms with Crippen molar-refractivity contribution in [2.24, 2.45) is 0 Å². The standard InChI is InChI=1S/C54H32BNO3/c1-2-12-39(38(11-1)35-24-28-50-44(29-35)42-15-5-9-19-49(42)57-50)36-30-45-43-16-6-10-20-51(43)59-55-46-27-23-34(31-52(46)58-53(32-36)54(45)55)33-21-25-37(26-22-33)56-47-17-7-3-13-40(47)41-14-4-8-18-48(41)56/h1-32H. The summed E-state index contributed by atoms with van der Waals surface area (Å²) in [4.78, 5) is 0. The second-order valence-corrected chi connectivity index (χ2v) is 15.6. The summed E-state index contributed by atoms with van der Waals surface area (Å²) in [7, 11) is 0. The van der Waals surface area contributed by atoms with Gasteiger partial charge in [0.2, 0.25) is 0 Å². The van der Waals surface area contributed by atoms with Crippen LogP contribution in [-0.4, -0.2) is 11.5 Å². The summed E-state index contributed by atoms with van der Waals surface area (Å²) in [6.45, 7) is -0.300. The van der Waals surface area contributed by atoms with Crippen LogP contribution in [0.3, 0.4) is 0 Å². The number of aromatic nitrogens is 1. The fourth-order valence-corrected chi connectivity index (χ4v) is 9.58. The lowest BCUT2D eigenvalue weighted by Gasteiger charge is -2.33. The van der Waals surface area contributed by atoms with Crippen molar-refractivity contribution in [2.45, 2.75) is 0 Å². The van der Waals surface area contributed by atoms with Crippen LogP contribution >= 0.6 is 0 Å². The lowest BCUT2D eigenvalue weighted by molar-refractivity contribution is 0.480. The number of nitrogens with zero attached hydrogens (tertiary/aromatic N) is 1. The molecule has 59 heavy (non-hydrogen) atoms. The number of rotatable bonds is 4. The number of hydrogen-bond acceptors (Lipinski definition) is 3. The average Bonchev–Trinajstić information content (AvgIpc) is 3.84. The molecule has 13 rings (SSSR count). The van der Waals surface area contributed by atoms with Crippen molar-refractivity contribution in [3.63, 3.8) is 0 Å². The molecule has 0 fully saturated rings. The molecule has 0 saturated carbocycles. The summed E-state index contributed by atoms with van der Waals surface area (Å²) in [5.74, 6) is 2.49. The monoisotopic (exact) mass is 753 g/mol. The predicted molar refractivity (Wildman–Crippen MR) is 242 cm³/mol. The van der Waals surface area contributed by atoms with Crippen LogP contribution in [0.5, 0.6) is 17.2 Å². The van der Waals surface area contributed by atoms with Gasteiger partial charge in [0, 0.05) is 43.7 Å². The Morgan fingerprint density at radius 1 is 0.373 bits per heavy atom. The highest BCUT2D eigenvalue weighted by molar-refractivity contribution is 6.84. The van der Waals surface area contributed by atoms with Gasteiger partial charge in [0.1, 0.15) is 28.4 Å². The van der Waals surface area contributed by atoms with Crippen LogP contribution in [0.25, 0.3) is 93.9 Å². The highest BCUT2D eigenvalue weighted by Gasteiger charge is 2.41. The molecule has 0 spiro atoms. The maximum absolute atomic E-state index is 6.99. The summed E-state index contributed by atoms with van der Waals surface area (Å²) in [6, 6.07) is 68.9. The number of benzene rings is 9. The first-order valence-electron chi connectivity index (χ1n) is 20.1. The van der Waals surface area contributed by atoms with Crippen molar-refractivity contribution in [1.82, 2.24) is 4.57 Å². The van der Waals surface area contributed by atoms with E-state index in [-0.39, 0.29) is 6.92 Å². The number of hydrogen-bond donors (Lipinski definition) is 0. The van der Waals surface area contributed by atoms with E-state index in [0.717, 1.165) is 100 Å². The molecule has 0 radical (unpaired) electrons. The lowest BCUT2D eigenvalue weighted by atomic mass is 9.50. The molecular weight excluding hydrogens is 721 g/mol. The maximum atomic E-state index is 6.99. The van der Waals surface area contributed by atoms with Gasteiger partial charge in [-0.05, 0) is 106 Å². The van der Waals surface area contributed by atoms with Gasteiger partial charge < -0.3 is 18.4 Å². The summed E-state index contributed by atoms with van der Waals surface area (Å²) in [6.07, 6.45) is 0. The zero-order valence-electron chi connectivity index (χ0n) is 31.7. The minimum Gasteiger partial charge on any atom is -0.551 e. The van der Waals surface area contributed by atoms with Gasteiger partial charge in [-0.15, -0.1) is 0 Å². The second-order valence-electron chi connectivity index (χ2n) is 15.6. The van der Waals surface area contributed by atoms with Gasteiger partial charge in [0.15, 0.2) is 0 Å². The molecule has 0 N–H and O–H groups in total. The Morgan fingerprint density at radius 3 is 1.78 bits per heavy atom. The van der Waals surface area contributed by atoms with E-state index < -0.39 is 0 Å². The van der Waals surface area contributed by atoms with Crippen LogP contribution in [0, 0.1) is 0 Å². The Hall–Kier alpha value is -7.76. The Balaban J connectivity index is 0.917. The van der Waals surface area contributed by atoms with E-state index in [1.54, 1.807) is 0 Å². The SMILES string of the molecule is c1ccc2c(c1)OB1c3ccc(-c4ccc(-n5c6ccccc6c6ccccc65)cc4)cc3Oc3cc(-c4ccccc4-c4ccc5oc6ccccc6c5c4)cc-2c31. The third kappa shape index (κ3) is 4.85. The quantitative estimate of drug-likeness (QED) is 0.168. The molecule has 11 aromatic rings. The second kappa shape index (κ2) is 12.4. The van der Waals surface area contributed by atoms with E-state index in [4.69, 9.17) is 13.8 Å². The summed E-state index contributed by atoms with van der Waals surface area (Å²) >= 11 is 0. The number of furan rings is 1. The van der Waals surface area contributed by atoms with Crippen LogP contribution in [0.2, 0.25) is 0 Å². The molecular formula is C54H32BNO3. The third-order valence-corrected chi connectivity index (χ3v) is 12.3. The van der Waals surface area contributed by atoms with Crippen LogP contribution in [0.1, 0.15) is 0 Å². The molecule has 5 heteroatoms. The number of para-hydroxylation sites is 4. The molecule has 0 bridgehead atoms. The first kappa shape index (κ1) is 32.3. The van der Waals surface area contributed by atoms with Gasteiger partial charge in [-0.2, -0.15) is 0 Å². The van der Waals surface area contributed by atoms with Gasteiger partial charge in [0.05, 0.1) is 11.0 Å². The summed E-state index contributed by atoms with van der Waals surface area (Å²) in [5.41, 5.74) is 16.3. The van der Waals surface area contributed by atoms with Crippen molar-refractivity contribution in [1.29, 1.82) is 0 Å². The Morgan fingerprint density at radius 2 is 0.983 bits per heavy atom. The Bertz CT molecular complexity index is 3470. The van der Waals surface area contributed by atoms with E-state index in [1.165, 1.54) is 21.8 Å². The lowest BCUT2D eigenvalue weighted by Crippen LogP contribution is -2.53. The van der Waals surface area contributed by atoms with E-state index in [2.05, 4.69) is 180 Å². The Labute approximate surface area is 340 Å². The van der Waals surface area contributed by atoms with Gasteiger partial charge in [0.25, 0.3) is 0 Å². The third-order valence-electron chi connectivity index (χ3n) is 12.3. The molecule has 2 aliphatic heterocycles.